The Labute approximate surface area is 97.8 Å². The fourth-order valence-electron chi connectivity index (χ4n) is 1.97. The maximum Gasteiger partial charge on any atom is 0.306 e. The van der Waals surface area contributed by atoms with Crippen LogP contribution in [0.25, 0.3) is 0 Å². The maximum atomic E-state index is 11.5. The monoisotopic (exact) mass is 226 g/mol. The van der Waals surface area contributed by atoms with Gasteiger partial charge in [-0.15, -0.1) is 0 Å². The highest BCUT2D eigenvalue weighted by Crippen LogP contribution is 2.20. The van der Waals surface area contributed by atoms with Gasteiger partial charge in [-0.3, -0.25) is 4.79 Å². The number of ether oxygens (including phenoxy) is 2. The first kappa shape index (κ1) is 13.1. The fraction of sp³-hybridized carbons (Fsp3) is 0.769. The van der Waals surface area contributed by atoms with Crippen LogP contribution in [-0.2, 0) is 14.3 Å². The van der Waals surface area contributed by atoms with Gasteiger partial charge in [-0.2, -0.15) is 0 Å². The van der Waals surface area contributed by atoms with Crippen LogP contribution in [0.15, 0.2) is 12.8 Å². The van der Waals surface area contributed by atoms with Crippen LogP contribution < -0.4 is 0 Å². The van der Waals surface area contributed by atoms with E-state index >= 15 is 0 Å². The summed E-state index contributed by atoms with van der Waals surface area (Å²) in [6.07, 6.45) is 9.62. The highest BCUT2D eigenvalue weighted by molar-refractivity contribution is 5.69. The first-order chi connectivity index (χ1) is 7.83. The van der Waals surface area contributed by atoms with Crippen molar-refractivity contribution in [2.24, 2.45) is 0 Å². The highest BCUT2D eigenvalue weighted by atomic mass is 16.5. The minimum absolute atomic E-state index is 0.0505. The maximum absolute atomic E-state index is 11.5. The van der Waals surface area contributed by atoms with E-state index in [4.69, 9.17) is 9.47 Å². The van der Waals surface area contributed by atoms with Crippen LogP contribution in [0.2, 0.25) is 0 Å². The zero-order chi connectivity index (χ0) is 11.6. The molecule has 0 bridgehead atoms. The van der Waals surface area contributed by atoms with Gasteiger partial charge >= 0.3 is 5.97 Å². The second-order valence-electron chi connectivity index (χ2n) is 4.24. The van der Waals surface area contributed by atoms with Crippen molar-refractivity contribution in [1.29, 1.82) is 0 Å². The number of rotatable bonds is 7. The molecule has 3 nitrogen and oxygen atoms in total. The van der Waals surface area contributed by atoms with Crippen molar-refractivity contribution in [3.63, 3.8) is 0 Å². The molecule has 92 valence electrons. The first-order valence-corrected chi connectivity index (χ1v) is 6.25. The Morgan fingerprint density at radius 1 is 1.25 bits per heavy atom. The fourth-order valence-corrected chi connectivity index (χ4v) is 1.97. The van der Waals surface area contributed by atoms with Gasteiger partial charge in [-0.05, 0) is 38.5 Å². The summed E-state index contributed by atoms with van der Waals surface area (Å²) in [5.41, 5.74) is 0. The third kappa shape index (κ3) is 5.79. The topological polar surface area (TPSA) is 35.5 Å². The van der Waals surface area contributed by atoms with E-state index in [1.54, 1.807) is 0 Å². The summed E-state index contributed by atoms with van der Waals surface area (Å²) in [5.74, 6) is -0.0505. The average molecular weight is 226 g/mol. The molecule has 0 atom stereocenters. The molecule has 0 aromatic heterocycles. The second-order valence-corrected chi connectivity index (χ2v) is 4.24. The molecule has 1 aliphatic rings. The van der Waals surface area contributed by atoms with Gasteiger partial charge in [0.1, 0.15) is 6.10 Å². The largest absolute Gasteiger partial charge is 0.502 e. The number of unbranched alkanes of at least 4 members (excludes halogenated alkanes) is 1. The second kappa shape index (κ2) is 8.20. The summed E-state index contributed by atoms with van der Waals surface area (Å²) in [4.78, 5) is 11.5. The van der Waals surface area contributed by atoms with Crippen molar-refractivity contribution in [2.75, 3.05) is 6.61 Å². The number of carbonyl (C=O) groups excluding carboxylic acids is 1. The molecule has 1 aliphatic carbocycles. The Kier molecular flexibility index (Phi) is 6.70. The van der Waals surface area contributed by atoms with Gasteiger partial charge in [0.2, 0.25) is 0 Å². The van der Waals surface area contributed by atoms with Crippen molar-refractivity contribution in [3.8, 4) is 0 Å². The lowest BCUT2D eigenvalue weighted by atomic mass is 9.98. The summed E-state index contributed by atoms with van der Waals surface area (Å²) in [6.45, 7) is 4.10. The quantitative estimate of drug-likeness (QED) is 0.380. The molecular weight excluding hydrogens is 204 g/mol. The van der Waals surface area contributed by atoms with Gasteiger partial charge in [0.05, 0.1) is 12.9 Å². The van der Waals surface area contributed by atoms with E-state index < -0.39 is 0 Å². The van der Waals surface area contributed by atoms with Crippen molar-refractivity contribution in [1.82, 2.24) is 0 Å². The van der Waals surface area contributed by atoms with Gasteiger partial charge in [-0.25, -0.2) is 0 Å². The zero-order valence-electron chi connectivity index (χ0n) is 9.95. The van der Waals surface area contributed by atoms with Crippen molar-refractivity contribution < 1.29 is 14.3 Å². The van der Waals surface area contributed by atoms with Crippen LogP contribution in [0, 0.1) is 0 Å². The van der Waals surface area contributed by atoms with E-state index in [2.05, 4.69) is 6.58 Å². The molecule has 0 aliphatic heterocycles. The molecule has 0 N–H and O–H groups in total. The Balaban J connectivity index is 1.99. The minimum atomic E-state index is -0.0505. The van der Waals surface area contributed by atoms with E-state index in [1.165, 1.54) is 25.5 Å². The molecule has 1 rings (SSSR count). The number of hydrogen-bond acceptors (Lipinski definition) is 3. The van der Waals surface area contributed by atoms with Gasteiger partial charge < -0.3 is 9.47 Å². The van der Waals surface area contributed by atoms with Gasteiger partial charge in [0, 0.05) is 6.42 Å². The molecule has 0 aromatic rings. The average Bonchev–Trinajstić information content (AvgIpc) is 2.30. The number of hydrogen-bond donors (Lipinski definition) is 0. The summed E-state index contributed by atoms with van der Waals surface area (Å²) in [6, 6.07) is 0. The van der Waals surface area contributed by atoms with E-state index in [0.29, 0.717) is 13.0 Å². The Bertz CT molecular complexity index is 207. The molecule has 16 heavy (non-hydrogen) atoms. The Morgan fingerprint density at radius 3 is 2.69 bits per heavy atom. The third-order valence-corrected chi connectivity index (χ3v) is 2.86. The molecule has 0 aromatic carbocycles. The Hall–Kier alpha value is -0.990. The van der Waals surface area contributed by atoms with E-state index in [-0.39, 0.29) is 12.1 Å². The zero-order valence-corrected chi connectivity index (χ0v) is 9.95. The van der Waals surface area contributed by atoms with Gasteiger partial charge in [0.15, 0.2) is 0 Å². The normalized spacial score (nSPS) is 16.8. The smallest absolute Gasteiger partial charge is 0.306 e. The van der Waals surface area contributed by atoms with Crippen LogP contribution in [0.4, 0.5) is 0 Å². The standard InChI is InChI=1S/C13H22O3/c1-2-15-11-7-6-10-13(14)16-12-8-4-3-5-9-12/h2,12H,1,3-11H2. The summed E-state index contributed by atoms with van der Waals surface area (Å²) >= 11 is 0. The molecule has 0 heterocycles. The molecule has 1 saturated carbocycles. The highest BCUT2D eigenvalue weighted by Gasteiger charge is 2.17. The Morgan fingerprint density at radius 2 is 2.00 bits per heavy atom. The molecular formula is C13H22O3. The van der Waals surface area contributed by atoms with Gasteiger partial charge in [0.25, 0.3) is 0 Å². The minimum Gasteiger partial charge on any atom is -0.502 e. The van der Waals surface area contributed by atoms with E-state index in [9.17, 15) is 4.79 Å². The molecule has 1 fully saturated rings. The number of carbonyl (C=O) groups is 1. The molecule has 0 saturated heterocycles. The van der Waals surface area contributed by atoms with Crippen LogP contribution in [0.3, 0.4) is 0 Å². The summed E-state index contributed by atoms with van der Waals surface area (Å²) < 4.78 is 10.4. The summed E-state index contributed by atoms with van der Waals surface area (Å²) in [7, 11) is 0. The SMILES string of the molecule is C=COCCCCC(=O)OC1CCCCC1. The van der Waals surface area contributed by atoms with Crippen molar-refractivity contribution >= 4 is 5.97 Å². The van der Waals surface area contributed by atoms with Gasteiger partial charge in [-0.1, -0.05) is 13.0 Å². The lowest BCUT2D eigenvalue weighted by Gasteiger charge is -2.21. The van der Waals surface area contributed by atoms with E-state index in [0.717, 1.165) is 25.7 Å². The van der Waals surface area contributed by atoms with Crippen molar-refractivity contribution in [2.45, 2.75) is 57.5 Å². The molecule has 3 heteroatoms. The van der Waals surface area contributed by atoms with Crippen molar-refractivity contribution in [3.05, 3.63) is 12.8 Å². The lowest BCUT2D eigenvalue weighted by Crippen LogP contribution is -2.20. The third-order valence-electron chi connectivity index (χ3n) is 2.86. The first-order valence-electron chi connectivity index (χ1n) is 6.25. The molecule has 0 amide bonds. The van der Waals surface area contributed by atoms with Crippen LogP contribution in [-0.4, -0.2) is 18.7 Å². The molecule has 0 unspecified atom stereocenters. The predicted octanol–water partition coefficient (Wildman–Crippen LogP) is 3.19. The van der Waals surface area contributed by atoms with E-state index in [1.807, 2.05) is 0 Å². The van der Waals surface area contributed by atoms with Crippen LogP contribution in [0.1, 0.15) is 51.4 Å². The molecule has 0 radical (unpaired) electrons. The predicted molar refractivity (Wildman–Crippen MR) is 63.0 cm³/mol. The number of esters is 1. The van der Waals surface area contributed by atoms with Crippen LogP contribution in [0.5, 0.6) is 0 Å². The lowest BCUT2D eigenvalue weighted by molar-refractivity contribution is -0.150. The summed E-state index contributed by atoms with van der Waals surface area (Å²) in [5, 5.41) is 0. The van der Waals surface area contributed by atoms with Crippen LogP contribution >= 0.6 is 0 Å². The molecule has 0 spiro atoms.